The zero-order valence-corrected chi connectivity index (χ0v) is 12.6. The number of hydrogen-bond acceptors (Lipinski definition) is 6. The maximum absolute atomic E-state index is 11.2. The summed E-state index contributed by atoms with van der Waals surface area (Å²) < 4.78 is 4.89. The van der Waals surface area contributed by atoms with Crippen LogP contribution in [0.2, 0.25) is 0 Å². The summed E-state index contributed by atoms with van der Waals surface area (Å²) in [6, 6.07) is 0. The fourth-order valence-electron chi connectivity index (χ4n) is 1.07. The maximum Gasteiger partial charge on any atom is 0.369 e. The van der Waals surface area contributed by atoms with Crippen LogP contribution in [-0.2, 0) is 29.1 Å². The third-order valence-electron chi connectivity index (χ3n) is 2.00. The Morgan fingerprint density at radius 3 is 2.25 bits per heavy atom. The van der Waals surface area contributed by atoms with E-state index in [-0.39, 0.29) is 0 Å². The fraction of sp³-hybridized carbons (Fsp3) is 0.714. The Hall–Kier alpha value is -1.40. The summed E-state index contributed by atoms with van der Waals surface area (Å²) in [5.74, 6) is -1.44. The minimum Gasteiger partial charge on any atom is -0.463 e. The van der Waals surface area contributed by atoms with Crippen LogP contribution in [0.1, 0.15) is 53.4 Å². The topological polar surface area (TPSA) is 71.1 Å². The van der Waals surface area contributed by atoms with Crippen LogP contribution in [0.3, 0.4) is 0 Å². The summed E-state index contributed by atoms with van der Waals surface area (Å²) in [6.45, 7) is 7.64. The Labute approximate surface area is 119 Å². The minimum atomic E-state index is -0.850. The van der Waals surface area contributed by atoms with E-state index < -0.39 is 17.5 Å². The van der Waals surface area contributed by atoms with Crippen LogP contribution < -0.4 is 0 Å². The Balaban J connectivity index is 3.70. The molecule has 0 aliphatic heterocycles. The monoisotopic (exact) mass is 288 g/mol. The second kappa shape index (κ2) is 10.4. The Morgan fingerprint density at radius 2 is 1.65 bits per heavy atom. The van der Waals surface area contributed by atoms with Crippen LogP contribution >= 0.6 is 0 Å². The Kier molecular flexibility index (Phi) is 9.67. The lowest BCUT2D eigenvalue weighted by molar-refractivity contribution is -0.513. The molecule has 0 fully saturated rings. The molecule has 0 aromatic rings. The van der Waals surface area contributed by atoms with E-state index in [1.807, 2.05) is 0 Å². The lowest BCUT2D eigenvalue weighted by atomic mass is 10.2. The molecular formula is C14H24O6. The van der Waals surface area contributed by atoms with Gasteiger partial charge in [0, 0.05) is 12.2 Å². The molecule has 0 aliphatic carbocycles. The van der Waals surface area contributed by atoms with Gasteiger partial charge in [0.1, 0.15) is 0 Å². The highest BCUT2D eigenvalue weighted by molar-refractivity contribution is 5.91. The predicted molar refractivity (Wildman–Crippen MR) is 72.3 cm³/mol. The smallest absolute Gasteiger partial charge is 0.369 e. The van der Waals surface area contributed by atoms with E-state index in [1.54, 1.807) is 20.8 Å². The molecular weight excluding hydrogens is 264 g/mol. The van der Waals surface area contributed by atoms with Gasteiger partial charge in [-0.05, 0) is 32.2 Å². The first-order chi connectivity index (χ1) is 9.35. The minimum absolute atomic E-state index is 0.349. The van der Waals surface area contributed by atoms with E-state index in [2.05, 4.69) is 16.8 Å². The second-order valence-corrected chi connectivity index (χ2v) is 5.23. The molecule has 0 heterocycles. The summed E-state index contributed by atoms with van der Waals surface area (Å²) >= 11 is 0. The van der Waals surface area contributed by atoms with Crippen molar-refractivity contribution < 1.29 is 29.1 Å². The van der Waals surface area contributed by atoms with E-state index in [1.165, 1.54) is 0 Å². The van der Waals surface area contributed by atoms with E-state index in [0.29, 0.717) is 6.61 Å². The van der Waals surface area contributed by atoms with Gasteiger partial charge in [0.15, 0.2) is 0 Å². The number of carbonyl (C=O) groups is 2. The van der Waals surface area contributed by atoms with Gasteiger partial charge in [0.25, 0.3) is 0 Å². The Morgan fingerprint density at radius 1 is 1.00 bits per heavy atom. The standard InChI is InChI=1S/C14H24O6/c1-5-6-7-8-11-17-12(15)9-10-13(16)18-20-19-14(2,3)4/h9-10H,5-8,11H2,1-4H3. The number of esters is 1. The third kappa shape index (κ3) is 13.0. The Bertz CT molecular complexity index is 316. The molecule has 0 aliphatic rings. The quantitative estimate of drug-likeness (QED) is 0.213. The average Bonchev–Trinajstić information content (AvgIpc) is 2.34. The van der Waals surface area contributed by atoms with E-state index in [9.17, 15) is 9.59 Å². The molecule has 20 heavy (non-hydrogen) atoms. The number of ether oxygens (including phenoxy) is 1. The predicted octanol–water partition coefficient (Wildman–Crippen LogP) is 2.87. The maximum atomic E-state index is 11.2. The van der Waals surface area contributed by atoms with Gasteiger partial charge in [-0.15, -0.1) is 0 Å². The van der Waals surface area contributed by atoms with Crippen molar-refractivity contribution in [3.8, 4) is 0 Å². The molecule has 0 radical (unpaired) electrons. The summed E-state index contributed by atoms with van der Waals surface area (Å²) in [6.07, 6.45) is 5.98. The van der Waals surface area contributed by atoms with Gasteiger partial charge in [0.05, 0.1) is 12.2 Å². The number of rotatable bonds is 9. The molecule has 0 bridgehead atoms. The van der Waals surface area contributed by atoms with Gasteiger partial charge in [0.2, 0.25) is 0 Å². The summed E-state index contributed by atoms with van der Waals surface area (Å²) in [5.41, 5.74) is -0.596. The SMILES string of the molecule is CCCCCCOC(=O)C=CC(=O)OOOC(C)(C)C. The normalized spacial score (nSPS) is 11.6. The van der Waals surface area contributed by atoms with Crippen molar-refractivity contribution in [1.29, 1.82) is 0 Å². The van der Waals surface area contributed by atoms with Gasteiger partial charge in [-0.25, -0.2) is 9.59 Å². The van der Waals surface area contributed by atoms with Crippen molar-refractivity contribution in [2.45, 2.75) is 59.0 Å². The number of carbonyl (C=O) groups excluding carboxylic acids is 2. The van der Waals surface area contributed by atoms with Crippen LogP contribution in [0.15, 0.2) is 12.2 Å². The summed E-state index contributed by atoms with van der Waals surface area (Å²) in [4.78, 5) is 31.3. The van der Waals surface area contributed by atoms with E-state index in [0.717, 1.165) is 37.8 Å². The number of hydrogen-bond donors (Lipinski definition) is 0. The fourth-order valence-corrected chi connectivity index (χ4v) is 1.07. The highest BCUT2D eigenvalue weighted by Crippen LogP contribution is 2.07. The van der Waals surface area contributed by atoms with Crippen LogP contribution in [0.25, 0.3) is 0 Å². The molecule has 6 nitrogen and oxygen atoms in total. The van der Waals surface area contributed by atoms with Crippen LogP contribution in [0.5, 0.6) is 0 Å². The first kappa shape index (κ1) is 18.6. The van der Waals surface area contributed by atoms with Crippen molar-refractivity contribution in [3.63, 3.8) is 0 Å². The first-order valence-corrected chi connectivity index (χ1v) is 6.76. The molecule has 0 spiro atoms. The summed E-state index contributed by atoms with van der Waals surface area (Å²) in [5, 5.41) is 4.26. The zero-order valence-electron chi connectivity index (χ0n) is 12.6. The highest BCUT2D eigenvalue weighted by Gasteiger charge is 2.13. The third-order valence-corrected chi connectivity index (χ3v) is 2.00. The van der Waals surface area contributed by atoms with Gasteiger partial charge in [-0.3, -0.25) is 4.89 Å². The van der Waals surface area contributed by atoms with Crippen LogP contribution in [-0.4, -0.2) is 24.1 Å². The molecule has 0 rings (SSSR count). The van der Waals surface area contributed by atoms with E-state index >= 15 is 0 Å². The molecule has 0 saturated carbocycles. The van der Waals surface area contributed by atoms with Gasteiger partial charge >= 0.3 is 11.9 Å². The van der Waals surface area contributed by atoms with Crippen LogP contribution in [0.4, 0.5) is 0 Å². The van der Waals surface area contributed by atoms with Crippen molar-refractivity contribution in [2.24, 2.45) is 0 Å². The summed E-state index contributed by atoms with van der Waals surface area (Å²) in [7, 11) is 0. The molecule has 0 amide bonds. The first-order valence-electron chi connectivity index (χ1n) is 6.76. The highest BCUT2D eigenvalue weighted by atomic mass is 17.5. The van der Waals surface area contributed by atoms with E-state index in [4.69, 9.17) is 9.62 Å². The molecule has 0 aromatic heterocycles. The largest absolute Gasteiger partial charge is 0.463 e. The molecule has 0 unspecified atom stereocenters. The lowest BCUT2D eigenvalue weighted by Crippen LogP contribution is -2.20. The second-order valence-electron chi connectivity index (χ2n) is 5.23. The molecule has 0 saturated heterocycles. The van der Waals surface area contributed by atoms with Crippen molar-refractivity contribution >= 4 is 11.9 Å². The van der Waals surface area contributed by atoms with Crippen molar-refractivity contribution in [3.05, 3.63) is 12.2 Å². The van der Waals surface area contributed by atoms with Crippen molar-refractivity contribution in [2.75, 3.05) is 6.61 Å². The molecule has 0 atom stereocenters. The van der Waals surface area contributed by atoms with Crippen molar-refractivity contribution in [1.82, 2.24) is 0 Å². The molecule has 0 N–H and O–H groups in total. The average molecular weight is 288 g/mol. The molecule has 116 valence electrons. The van der Waals surface area contributed by atoms with Crippen LogP contribution in [0, 0.1) is 0 Å². The van der Waals surface area contributed by atoms with Gasteiger partial charge in [-0.2, -0.15) is 4.89 Å². The molecule has 6 heteroatoms. The van der Waals surface area contributed by atoms with Gasteiger partial charge in [-0.1, -0.05) is 26.2 Å². The molecule has 0 aromatic carbocycles. The number of unbranched alkanes of at least 4 members (excludes halogenated alkanes) is 3. The van der Waals surface area contributed by atoms with Gasteiger partial charge < -0.3 is 4.74 Å². The zero-order chi connectivity index (χ0) is 15.4. The lowest BCUT2D eigenvalue weighted by Gasteiger charge is -2.14.